The number of carbonyl (C=O) groups excluding carboxylic acids is 2. The van der Waals surface area contributed by atoms with Crippen LogP contribution in [-0.2, 0) is 9.53 Å². The minimum absolute atomic E-state index is 0.0983. The first-order valence-electron chi connectivity index (χ1n) is 8.18. The number of hydrogen-bond donors (Lipinski definition) is 1. The Morgan fingerprint density at radius 1 is 1.04 bits per heavy atom. The Labute approximate surface area is 160 Å². The first kappa shape index (κ1) is 18.9. The number of nitrogens with one attached hydrogen (secondary N) is 1. The number of nitrogens with zero attached hydrogens (tertiary/aromatic N) is 2. The van der Waals surface area contributed by atoms with Crippen LogP contribution in [-0.4, -0.2) is 42.9 Å². The van der Waals surface area contributed by atoms with E-state index in [-0.39, 0.29) is 17.5 Å². The van der Waals surface area contributed by atoms with Crippen LogP contribution in [0.2, 0.25) is 0 Å². The monoisotopic (exact) mass is 383 g/mol. The van der Waals surface area contributed by atoms with Gasteiger partial charge < -0.3 is 18.6 Å². The number of hydrogen-bond acceptors (Lipinski definition) is 8. The molecule has 1 amide bonds. The number of benzene rings is 2. The number of methoxy groups -OCH3 is 2. The summed E-state index contributed by atoms with van der Waals surface area (Å²) in [5, 5.41) is 9.97. The molecule has 9 heteroatoms. The number of esters is 1. The Bertz CT molecular complexity index is 971. The van der Waals surface area contributed by atoms with Crippen molar-refractivity contribution in [3.05, 3.63) is 54.1 Å². The lowest BCUT2D eigenvalue weighted by Gasteiger charge is -2.10. The van der Waals surface area contributed by atoms with Gasteiger partial charge in [-0.15, -0.1) is 5.10 Å². The summed E-state index contributed by atoms with van der Waals surface area (Å²) in [6, 6.07) is 13.7. The zero-order chi connectivity index (χ0) is 19.9. The first-order chi connectivity index (χ1) is 13.6. The maximum Gasteiger partial charge on any atom is 0.342 e. The zero-order valence-electron chi connectivity index (χ0n) is 15.2. The number of anilines is 1. The minimum Gasteiger partial charge on any atom is -0.497 e. The quantitative estimate of drug-likeness (QED) is 0.620. The average Bonchev–Trinajstić information content (AvgIpc) is 3.20. The lowest BCUT2D eigenvalue weighted by Crippen LogP contribution is -2.21. The smallest absolute Gasteiger partial charge is 0.342 e. The van der Waals surface area contributed by atoms with Gasteiger partial charge in [0.05, 0.1) is 14.2 Å². The van der Waals surface area contributed by atoms with Crippen molar-refractivity contribution in [2.45, 2.75) is 0 Å². The van der Waals surface area contributed by atoms with Crippen LogP contribution in [0.15, 0.2) is 52.9 Å². The number of amides is 1. The van der Waals surface area contributed by atoms with E-state index in [2.05, 4.69) is 15.5 Å². The fraction of sp³-hybridized carbons (Fsp3) is 0.158. The van der Waals surface area contributed by atoms with Crippen molar-refractivity contribution in [1.82, 2.24) is 10.2 Å². The van der Waals surface area contributed by atoms with Crippen LogP contribution in [0.3, 0.4) is 0 Å². The van der Waals surface area contributed by atoms with E-state index in [0.717, 1.165) is 0 Å². The Morgan fingerprint density at radius 3 is 2.54 bits per heavy atom. The van der Waals surface area contributed by atoms with Gasteiger partial charge in [0.25, 0.3) is 5.91 Å². The van der Waals surface area contributed by atoms with E-state index in [1.807, 2.05) is 18.2 Å². The average molecular weight is 383 g/mol. The van der Waals surface area contributed by atoms with Crippen molar-refractivity contribution in [3.63, 3.8) is 0 Å². The number of aromatic nitrogens is 2. The van der Waals surface area contributed by atoms with E-state index in [9.17, 15) is 9.59 Å². The summed E-state index contributed by atoms with van der Waals surface area (Å²) in [7, 11) is 2.89. The van der Waals surface area contributed by atoms with Gasteiger partial charge in [0.2, 0.25) is 5.89 Å². The van der Waals surface area contributed by atoms with Crippen LogP contribution in [0.5, 0.6) is 11.5 Å². The van der Waals surface area contributed by atoms with Crippen molar-refractivity contribution in [1.29, 1.82) is 0 Å². The van der Waals surface area contributed by atoms with Gasteiger partial charge in [0.1, 0.15) is 17.1 Å². The van der Waals surface area contributed by atoms with E-state index < -0.39 is 18.5 Å². The summed E-state index contributed by atoms with van der Waals surface area (Å²) in [6.07, 6.45) is 0. The second kappa shape index (κ2) is 8.67. The summed E-state index contributed by atoms with van der Waals surface area (Å²) >= 11 is 0. The van der Waals surface area contributed by atoms with Crippen molar-refractivity contribution in [3.8, 4) is 23.0 Å². The molecule has 0 fully saturated rings. The molecule has 1 N–H and O–H groups in total. The van der Waals surface area contributed by atoms with Gasteiger partial charge in [0.15, 0.2) is 6.61 Å². The third-order valence-electron chi connectivity index (χ3n) is 3.65. The molecular weight excluding hydrogens is 366 g/mol. The highest BCUT2D eigenvalue weighted by Gasteiger charge is 2.18. The van der Waals surface area contributed by atoms with Crippen LogP contribution < -0.4 is 14.8 Å². The standard InChI is InChI=1S/C19H17N3O6/c1-25-13-8-9-15(26-2)14(10-13)18(24)27-11-16(23)20-19-22-21-17(28-19)12-6-4-3-5-7-12/h3-10H,11H2,1-2H3,(H,20,22,23). The molecule has 1 heterocycles. The maximum atomic E-state index is 12.2. The summed E-state index contributed by atoms with van der Waals surface area (Å²) in [4.78, 5) is 24.2. The Kier molecular flexibility index (Phi) is 5.85. The van der Waals surface area contributed by atoms with Crippen LogP contribution in [0.4, 0.5) is 6.01 Å². The molecule has 0 atom stereocenters. The van der Waals surface area contributed by atoms with E-state index in [0.29, 0.717) is 17.1 Å². The summed E-state index contributed by atoms with van der Waals surface area (Å²) < 4.78 is 20.6. The van der Waals surface area contributed by atoms with E-state index in [1.165, 1.54) is 20.3 Å². The molecule has 0 radical (unpaired) electrons. The normalized spacial score (nSPS) is 10.2. The molecule has 0 spiro atoms. The summed E-state index contributed by atoms with van der Waals surface area (Å²) in [5.74, 6) is -0.346. The van der Waals surface area contributed by atoms with Gasteiger partial charge in [-0.05, 0) is 30.3 Å². The Hall–Kier alpha value is -3.88. The van der Waals surface area contributed by atoms with Crippen LogP contribution in [0, 0.1) is 0 Å². The topological polar surface area (TPSA) is 113 Å². The number of carbonyl (C=O) groups is 2. The SMILES string of the molecule is COc1ccc(OC)c(C(=O)OCC(=O)Nc2nnc(-c3ccccc3)o2)c1. The van der Waals surface area contributed by atoms with E-state index in [1.54, 1.807) is 24.3 Å². The molecule has 3 aromatic rings. The molecule has 144 valence electrons. The fourth-order valence-corrected chi connectivity index (χ4v) is 2.31. The molecule has 9 nitrogen and oxygen atoms in total. The molecule has 0 saturated heterocycles. The minimum atomic E-state index is -0.735. The second-order valence-corrected chi connectivity index (χ2v) is 5.47. The largest absolute Gasteiger partial charge is 0.497 e. The van der Waals surface area contributed by atoms with Crippen molar-refractivity contribution >= 4 is 17.9 Å². The highest BCUT2D eigenvalue weighted by Crippen LogP contribution is 2.24. The van der Waals surface area contributed by atoms with Crippen molar-refractivity contribution in [2.75, 3.05) is 26.1 Å². The molecule has 0 aliphatic rings. The lowest BCUT2D eigenvalue weighted by atomic mass is 10.2. The molecule has 1 aromatic heterocycles. The maximum absolute atomic E-state index is 12.2. The second-order valence-electron chi connectivity index (χ2n) is 5.47. The van der Waals surface area contributed by atoms with Gasteiger partial charge in [-0.3, -0.25) is 10.1 Å². The summed E-state index contributed by atoms with van der Waals surface area (Å²) in [6.45, 7) is -0.539. The Balaban J connectivity index is 1.59. The number of ether oxygens (including phenoxy) is 3. The van der Waals surface area contributed by atoms with E-state index in [4.69, 9.17) is 18.6 Å². The molecule has 0 aliphatic heterocycles. The van der Waals surface area contributed by atoms with Gasteiger partial charge in [0, 0.05) is 5.56 Å². The summed E-state index contributed by atoms with van der Waals surface area (Å²) in [5.41, 5.74) is 0.853. The van der Waals surface area contributed by atoms with Gasteiger partial charge in [-0.2, -0.15) is 0 Å². The predicted molar refractivity (Wildman–Crippen MR) is 98.2 cm³/mol. The molecule has 0 aliphatic carbocycles. The molecular formula is C19H17N3O6. The first-order valence-corrected chi connectivity index (χ1v) is 8.18. The van der Waals surface area contributed by atoms with Crippen LogP contribution >= 0.6 is 0 Å². The van der Waals surface area contributed by atoms with Gasteiger partial charge in [-0.1, -0.05) is 23.3 Å². The molecule has 0 bridgehead atoms. The molecule has 28 heavy (non-hydrogen) atoms. The molecule has 2 aromatic carbocycles. The van der Waals surface area contributed by atoms with Crippen LogP contribution in [0.1, 0.15) is 10.4 Å². The lowest BCUT2D eigenvalue weighted by molar-refractivity contribution is -0.119. The highest BCUT2D eigenvalue weighted by atomic mass is 16.5. The van der Waals surface area contributed by atoms with Crippen molar-refractivity contribution < 1.29 is 28.2 Å². The fourth-order valence-electron chi connectivity index (χ4n) is 2.31. The Morgan fingerprint density at radius 2 is 1.82 bits per heavy atom. The molecule has 3 rings (SSSR count). The highest BCUT2D eigenvalue weighted by molar-refractivity contribution is 5.96. The third kappa shape index (κ3) is 4.44. The van der Waals surface area contributed by atoms with Gasteiger partial charge >= 0.3 is 12.0 Å². The predicted octanol–water partition coefficient (Wildman–Crippen LogP) is 2.55. The van der Waals surface area contributed by atoms with Crippen molar-refractivity contribution in [2.24, 2.45) is 0 Å². The third-order valence-corrected chi connectivity index (χ3v) is 3.65. The molecule has 0 unspecified atom stereocenters. The van der Waals surface area contributed by atoms with E-state index >= 15 is 0 Å². The zero-order valence-corrected chi connectivity index (χ0v) is 15.2. The van der Waals surface area contributed by atoms with Gasteiger partial charge in [-0.25, -0.2) is 4.79 Å². The van der Waals surface area contributed by atoms with Crippen LogP contribution in [0.25, 0.3) is 11.5 Å². The number of rotatable bonds is 7. The molecule has 0 saturated carbocycles.